The first kappa shape index (κ1) is 18.5. The van der Waals surface area contributed by atoms with Crippen molar-refractivity contribution in [2.24, 2.45) is 0 Å². The Kier molecular flexibility index (Phi) is 5.06. The van der Waals surface area contributed by atoms with Gasteiger partial charge in [-0.1, -0.05) is 47.7 Å². The average molecular weight is 412 g/mol. The van der Waals surface area contributed by atoms with E-state index in [1.807, 2.05) is 25.1 Å². The number of benzene rings is 2. The molecule has 2 heterocycles. The molecular formula is C20H16N2O4S2. The first-order valence-electron chi connectivity index (χ1n) is 8.57. The standard InChI is InChI=1S/C20H16N2O4S2/c1-12-2-5-14(6-3-12)26-20(24)22-8-9-25-16-7-4-13(10-15(16)22)11-17-18(23)21-19(27)28-17/h2-7,10-11H,8-9H2,1H3,(H,21,23,27)/b17-11+. The molecule has 142 valence electrons. The maximum Gasteiger partial charge on any atom is 0.419 e. The van der Waals surface area contributed by atoms with Crippen molar-refractivity contribution in [3.05, 3.63) is 58.5 Å². The Labute approximate surface area is 171 Å². The van der Waals surface area contributed by atoms with Crippen molar-refractivity contribution >= 4 is 52.1 Å². The zero-order valence-corrected chi connectivity index (χ0v) is 16.6. The maximum absolute atomic E-state index is 12.7. The summed E-state index contributed by atoms with van der Waals surface area (Å²) in [4.78, 5) is 26.6. The molecular weight excluding hydrogens is 396 g/mol. The van der Waals surface area contributed by atoms with Gasteiger partial charge in [0.15, 0.2) is 0 Å². The lowest BCUT2D eigenvalue weighted by molar-refractivity contribution is -0.115. The van der Waals surface area contributed by atoms with E-state index >= 15 is 0 Å². The maximum atomic E-state index is 12.7. The highest BCUT2D eigenvalue weighted by Crippen LogP contribution is 2.35. The van der Waals surface area contributed by atoms with Crippen LogP contribution in [0.25, 0.3) is 6.08 Å². The highest BCUT2D eigenvalue weighted by molar-refractivity contribution is 8.26. The number of aryl methyl sites for hydroxylation is 1. The summed E-state index contributed by atoms with van der Waals surface area (Å²) in [5.74, 6) is 0.849. The second-order valence-corrected chi connectivity index (χ2v) is 7.98. The van der Waals surface area contributed by atoms with Crippen molar-refractivity contribution in [3.8, 4) is 11.5 Å². The fourth-order valence-corrected chi connectivity index (χ4v) is 3.89. The number of carbonyl (C=O) groups excluding carboxylic acids is 2. The summed E-state index contributed by atoms with van der Waals surface area (Å²) < 4.78 is 11.6. The van der Waals surface area contributed by atoms with E-state index in [0.717, 1.165) is 11.1 Å². The number of anilines is 1. The fraction of sp³-hybridized carbons (Fsp3) is 0.150. The Bertz CT molecular complexity index is 1000. The number of fused-ring (bicyclic) bond motifs is 1. The van der Waals surface area contributed by atoms with Gasteiger partial charge in [-0.25, -0.2) is 4.79 Å². The Hall–Kier alpha value is -2.84. The molecule has 0 spiro atoms. The lowest BCUT2D eigenvalue weighted by Crippen LogP contribution is -2.39. The molecule has 4 rings (SSSR count). The van der Waals surface area contributed by atoms with E-state index in [1.54, 1.807) is 30.3 Å². The van der Waals surface area contributed by atoms with Crippen LogP contribution in [0.15, 0.2) is 47.4 Å². The third-order valence-corrected chi connectivity index (χ3v) is 5.40. The topological polar surface area (TPSA) is 67.9 Å². The first-order chi connectivity index (χ1) is 13.5. The van der Waals surface area contributed by atoms with E-state index < -0.39 is 6.09 Å². The van der Waals surface area contributed by atoms with Gasteiger partial charge in [0.1, 0.15) is 22.4 Å². The highest BCUT2D eigenvalue weighted by Gasteiger charge is 2.26. The number of thiocarbonyl (C=S) groups is 1. The molecule has 0 atom stereocenters. The predicted molar refractivity (Wildman–Crippen MR) is 113 cm³/mol. The molecule has 1 N–H and O–H groups in total. The Morgan fingerprint density at radius 1 is 1.29 bits per heavy atom. The van der Waals surface area contributed by atoms with Crippen LogP contribution in [0, 0.1) is 6.92 Å². The lowest BCUT2D eigenvalue weighted by Gasteiger charge is -2.29. The van der Waals surface area contributed by atoms with Gasteiger partial charge in [0.2, 0.25) is 0 Å². The zero-order chi connectivity index (χ0) is 19.7. The second kappa shape index (κ2) is 7.65. The monoisotopic (exact) mass is 412 g/mol. The van der Waals surface area contributed by atoms with E-state index in [-0.39, 0.29) is 5.91 Å². The predicted octanol–water partition coefficient (Wildman–Crippen LogP) is 3.88. The van der Waals surface area contributed by atoms with Crippen molar-refractivity contribution in [2.45, 2.75) is 6.92 Å². The van der Waals surface area contributed by atoms with Gasteiger partial charge in [0.05, 0.1) is 17.1 Å². The smallest absolute Gasteiger partial charge is 0.419 e. The minimum atomic E-state index is -0.479. The Morgan fingerprint density at radius 2 is 2.07 bits per heavy atom. The van der Waals surface area contributed by atoms with Crippen LogP contribution in [-0.4, -0.2) is 29.5 Å². The molecule has 1 saturated heterocycles. The molecule has 2 aromatic carbocycles. The minimum absolute atomic E-state index is 0.223. The Balaban J connectivity index is 1.60. The summed E-state index contributed by atoms with van der Waals surface area (Å²) >= 11 is 6.22. The van der Waals surface area contributed by atoms with Crippen LogP contribution < -0.4 is 19.7 Å². The van der Waals surface area contributed by atoms with Crippen LogP contribution in [-0.2, 0) is 4.79 Å². The number of ether oxygens (including phenoxy) is 2. The molecule has 8 heteroatoms. The number of nitrogens with zero attached hydrogens (tertiary/aromatic N) is 1. The lowest BCUT2D eigenvalue weighted by atomic mass is 10.1. The van der Waals surface area contributed by atoms with Gasteiger partial charge in [-0.2, -0.15) is 0 Å². The highest BCUT2D eigenvalue weighted by atomic mass is 32.2. The molecule has 6 nitrogen and oxygen atoms in total. The van der Waals surface area contributed by atoms with Gasteiger partial charge in [-0.3, -0.25) is 9.69 Å². The molecule has 2 aromatic rings. The summed E-state index contributed by atoms with van der Waals surface area (Å²) in [6.45, 7) is 2.72. The van der Waals surface area contributed by atoms with Gasteiger partial charge in [-0.15, -0.1) is 0 Å². The number of amides is 2. The van der Waals surface area contributed by atoms with Gasteiger partial charge in [0.25, 0.3) is 5.91 Å². The quantitative estimate of drug-likeness (QED) is 0.596. The minimum Gasteiger partial charge on any atom is -0.490 e. The molecule has 28 heavy (non-hydrogen) atoms. The van der Waals surface area contributed by atoms with Crippen LogP contribution in [0.1, 0.15) is 11.1 Å². The van der Waals surface area contributed by atoms with Crippen LogP contribution in [0.2, 0.25) is 0 Å². The van der Waals surface area contributed by atoms with E-state index in [2.05, 4.69) is 5.32 Å². The number of hydrogen-bond acceptors (Lipinski definition) is 6. The Morgan fingerprint density at radius 3 is 2.79 bits per heavy atom. The molecule has 0 radical (unpaired) electrons. The van der Waals surface area contributed by atoms with Crippen LogP contribution in [0.4, 0.5) is 10.5 Å². The molecule has 0 aliphatic carbocycles. The van der Waals surface area contributed by atoms with E-state index in [0.29, 0.717) is 39.6 Å². The number of thioether (sulfide) groups is 1. The van der Waals surface area contributed by atoms with Crippen LogP contribution in [0.3, 0.4) is 0 Å². The third-order valence-electron chi connectivity index (χ3n) is 4.23. The van der Waals surface area contributed by atoms with Crippen LogP contribution >= 0.6 is 24.0 Å². The molecule has 2 aliphatic rings. The summed E-state index contributed by atoms with van der Waals surface area (Å²) in [5.41, 5.74) is 2.45. The summed E-state index contributed by atoms with van der Waals surface area (Å²) in [5, 5.41) is 2.59. The molecule has 0 saturated carbocycles. The van der Waals surface area contributed by atoms with E-state index in [9.17, 15) is 9.59 Å². The first-order valence-corrected chi connectivity index (χ1v) is 9.80. The van der Waals surface area contributed by atoms with E-state index in [1.165, 1.54) is 16.7 Å². The van der Waals surface area contributed by atoms with E-state index in [4.69, 9.17) is 21.7 Å². The third kappa shape index (κ3) is 3.88. The molecule has 2 aliphatic heterocycles. The number of rotatable bonds is 2. The van der Waals surface area contributed by atoms with Crippen molar-refractivity contribution in [1.82, 2.24) is 5.32 Å². The zero-order valence-electron chi connectivity index (χ0n) is 14.9. The molecule has 0 bridgehead atoms. The largest absolute Gasteiger partial charge is 0.490 e. The van der Waals surface area contributed by atoms with Crippen molar-refractivity contribution < 1.29 is 19.1 Å². The number of nitrogens with one attached hydrogen (secondary N) is 1. The van der Waals surface area contributed by atoms with Crippen molar-refractivity contribution in [3.63, 3.8) is 0 Å². The summed E-state index contributed by atoms with van der Waals surface area (Å²) in [7, 11) is 0. The van der Waals surface area contributed by atoms with Gasteiger partial charge >= 0.3 is 6.09 Å². The summed E-state index contributed by atoms with van der Waals surface area (Å²) in [6, 6.07) is 12.7. The van der Waals surface area contributed by atoms with Crippen molar-refractivity contribution in [2.75, 3.05) is 18.1 Å². The SMILES string of the molecule is Cc1ccc(OC(=O)N2CCOc3ccc(/C=C4/SC(=S)NC4=O)cc32)cc1. The second-order valence-electron chi connectivity index (χ2n) is 6.26. The van der Waals surface area contributed by atoms with Gasteiger partial charge in [-0.05, 0) is 42.8 Å². The van der Waals surface area contributed by atoms with Crippen molar-refractivity contribution in [1.29, 1.82) is 0 Å². The normalized spacial score (nSPS) is 17.2. The van der Waals surface area contributed by atoms with Crippen LogP contribution in [0.5, 0.6) is 11.5 Å². The number of carbonyl (C=O) groups is 2. The summed E-state index contributed by atoms with van der Waals surface area (Å²) in [6.07, 6.45) is 1.25. The van der Waals surface area contributed by atoms with Gasteiger partial charge < -0.3 is 14.8 Å². The average Bonchev–Trinajstić information content (AvgIpc) is 3.00. The molecule has 0 aromatic heterocycles. The fourth-order valence-electron chi connectivity index (χ4n) is 2.85. The molecule has 1 fully saturated rings. The number of hydrogen-bond donors (Lipinski definition) is 1. The molecule has 2 amide bonds. The van der Waals surface area contributed by atoms with Gasteiger partial charge in [0, 0.05) is 0 Å². The molecule has 0 unspecified atom stereocenters.